The van der Waals surface area contributed by atoms with Crippen LogP contribution in [0.5, 0.6) is 0 Å². The molecule has 0 heterocycles. The van der Waals surface area contributed by atoms with Gasteiger partial charge in [-0.25, -0.2) is 0 Å². The van der Waals surface area contributed by atoms with Gasteiger partial charge in [0.2, 0.25) is 5.91 Å². The summed E-state index contributed by atoms with van der Waals surface area (Å²) < 4.78 is 0. The highest BCUT2D eigenvalue weighted by Gasteiger charge is 2.13. The number of nitrogens with zero attached hydrogens (tertiary/aromatic N) is 1. The Hall–Kier alpha value is -2.62. The molecule has 2 aromatic rings. The highest BCUT2D eigenvalue weighted by atomic mass is 16.2. The molecule has 2 rings (SSSR count). The molecule has 0 saturated carbocycles. The van der Waals surface area contributed by atoms with E-state index >= 15 is 0 Å². The third-order valence-corrected chi connectivity index (χ3v) is 7.87. The quantitative estimate of drug-likeness (QED) is 0.140. The zero-order valence-corrected chi connectivity index (χ0v) is 25.6. The fourth-order valence-corrected chi connectivity index (χ4v) is 5.25. The van der Waals surface area contributed by atoms with Crippen molar-refractivity contribution >= 4 is 23.2 Å². The van der Waals surface area contributed by atoms with Crippen LogP contribution < -0.4 is 10.2 Å². The Kier molecular flexibility index (Phi) is 18.6. The number of para-hydroxylation sites is 1. The van der Waals surface area contributed by atoms with Crippen LogP contribution in [-0.4, -0.2) is 18.9 Å². The molecule has 0 aliphatic carbocycles. The molecule has 0 aliphatic rings. The molecule has 0 aromatic heterocycles. The lowest BCUT2D eigenvalue weighted by molar-refractivity contribution is -0.116. The van der Waals surface area contributed by atoms with Crippen molar-refractivity contribution in [1.29, 1.82) is 0 Å². The Labute approximate surface area is 245 Å². The van der Waals surface area contributed by atoms with Crippen molar-refractivity contribution in [1.82, 2.24) is 0 Å². The number of benzene rings is 2. The van der Waals surface area contributed by atoms with E-state index in [2.05, 4.69) is 12.2 Å². The van der Waals surface area contributed by atoms with E-state index in [0.717, 1.165) is 24.2 Å². The molecule has 0 aliphatic heterocycles. The van der Waals surface area contributed by atoms with E-state index in [1.807, 2.05) is 30.3 Å². The number of unbranched alkanes of at least 4 members (excludes halogenated alkanes) is 18. The Morgan fingerprint density at radius 2 is 1.00 bits per heavy atom. The predicted octanol–water partition coefficient (Wildman–Crippen LogP) is 10.7. The lowest BCUT2D eigenvalue weighted by Gasteiger charge is -2.17. The van der Waals surface area contributed by atoms with Crippen LogP contribution in [0.2, 0.25) is 0 Å². The van der Waals surface area contributed by atoms with Gasteiger partial charge in [-0.3, -0.25) is 9.59 Å². The van der Waals surface area contributed by atoms with Crippen molar-refractivity contribution in [3.8, 4) is 0 Å². The molecule has 4 heteroatoms. The van der Waals surface area contributed by atoms with Gasteiger partial charge in [-0.2, -0.15) is 0 Å². The van der Waals surface area contributed by atoms with Gasteiger partial charge in [-0.15, -0.1) is 0 Å². The predicted molar refractivity (Wildman–Crippen MR) is 172 cm³/mol. The smallest absolute Gasteiger partial charge is 0.258 e. The van der Waals surface area contributed by atoms with Gasteiger partial charge in [0.25, 0.3) is 5.91 Å². The van der Waals surface area contributed by atoms with Gasteiger partial charge in [0.05, 0.1) is 0 Å². The van der Waals surface area contributed by atoms with Crippen molar-refractivity contribution in [2.45, 2.75) is 135 Å². The van der Waals surface area contributed by atoms with Gasteiger partial charge in [-0.1, -0.05) is 141 Å². The molecule has 0 unspecified atom stereocenters. The summed E-state index contributed by atoms with van der Waals surface area (Å²) in [6, 6.07) is 16.7. The van der Waals surface area contributed by atoms with Gasteiger partial charge in [0.15, 0.2) is 0 Å². The summed E-state index contributed by atoms with van der Waals surface area (Å²) in [7, 11) is 1.77. The lowest BCUT2D eigenvalue weighted by atomic mass is 10.0. The summed E-state index contributed by atoms with van der Waals surface area (Å²) >= 11 is 0. The molecular weight excluding hydrogens is 492 g/mol. The number of hydrogen-bond donors (Lipinski definition) is 1. The highest BCUT2D eigenvalue weighted by Crippen LogP contribution is 2.18. The van der Waals surface area contributed by atoms with Crippen LogP contribution in [-0.2, 0) is 4.79 Å². The second-order valence-electron chi connectivity index (χ2n) is 11.4. The van der Waals surface area contributed by atoms with E-state index in [1.165, 1.54) is 109 Å². The van der Waals surface area contributed by atoms with Gasteiger partial charge >= 0.3 is 0 Å². The molecule has 0 fully saturated rings. The third kappa shape index (κ3) is 15.2. The molecule has 4 nitrogen and oxygen atoms in total. The maximum absolute atomic E-state index is 12.7. The first-order valence-corrected chi connectivity index (χ1v) is 16.3. The molecule has 2 aromatic carbocycles. The third-order valence-electron chi connectivity index (χ3n) is 7.87. The Bertz CT molecular complexity index is 910. The first-order chi connectivity index (χ1) is 19.6. The van der Waals surface area contributed by atoms with Gasteiger partial charge in [0.1, 0.15) is 0 Å². The Morgan fingerprint density at radius 1 is 0.575 bits per heavy atom. The largest absolute Gasteiger partial charge is 0.326 e. The molecule has 2 amide bonds. The molecule has 0 saturated heterocycles. The van der Waals surface area contributed by atoms with Gasteiger partial charge in [-0.05, 0) is 42.8 Å². The van der Waals surface area contributed by atoms with E-state index in [4.69, 9.17) is 0 Å². The number of hydrogen-bond acceptors (Lipinski definition) is 2. The number of anilines is 2. The monoisotopic (exact) mass is 548 g/mol. The van der Waals surface area contributed by atoms with Crippen LogP contribution in [0.25, 0.3) is 0 Å². The molecule has 0 radical (unpaired) electrons. The summed E-state index contributed by atoms with van der Waals surface area (Å²) in [5.74, 6) is -0.0226. The molecule has 0 atom stereocenters. The first kappa shape index (κ1) is 33.6. The fraction of sp³-hybridized carbons (Fsp3) is 0.611. The van der Waals surface area contributed by atoms with Crippen molar-refractivity contribution in [3.63, 3.8) is 0 Å². The minimum atomic E-state index is -0.0711. The Balaban J connectivity index is 1.40. The SMILES string of the molecule is CCCCCCCCCCCCCCCCCCCCCC(=O)Nc1ccc(C(=O)N(C)c2ccccc2)cc1. The molecule has 40 heavy (non-hydrogen) atoms. The van der Waals surface area contributed by atoms with Crippen LogP contribution in [0.3, 0.4) is 0 Å². The van der Waals surface area contributed by atoms with E-state index in [0.29, 0.717) is 12.0 Å². The first-order valence-electron chi connectivity index (χ1n) is 16.3. The average Bonchev–Trinajstić information content (AvgIpc) is 2.98. The second kappa shape index (κ2) is 22.1. The normalized spacial score (nSPS) is 10.9. The number of rotatable bonds is 23. The fourth-order valence-electron chi connectivity index (χ4n) is 5.25. The zero-order chi connectivity index (χ0) is 28.7. The highest BCUT2D eigenvalue weighted by molar-refractivity contribution is 6.06. The summed E-state index contributed by atoms with van der Waals surface area (Å²) in [6.07, 6.45) is 26.2. The lowest BCUT2D eigenvalue weighted by Crippen LogP contribution is -2.26. The van der Waals surface area contributed by atoms with Crippen LogP contribution >= 0.6 is 0 Å². The Morgan fingerprint density at radius 3 is 1.45 bits per heavy atom. The van der Waals surface area contributed by atoms with E-state index < -0.39 is 0 Å². The van der Waals surface area contributed by atoms with Crippen LogP contribution in [0.15, 0.2) is 54.6 Å². The van der Waals surface area contributed by atoms with Crippen molar-refractivity contribution in [2.75, 3.05) is 17.3 Å². The van der Waals surface area contributed by atoms with Gasteiger partial charge < -0.3 is 10.2 Å². The van der Waals surface area contributed by atoms with Gasteiger partial charge in [0, 0.05) is 30.4 Å². The number of amides is 2. The van der Waals surface area contributed by atoms with Crippen LogP contribution in [0, 0.1) is 0 Å². The molecule has 0 spiro atoms. The summed E-state index contributed by atoms with van der Waals surface area (Å²) in [5, 5.41) is 2.96. The van der Waals surface area contributed by atoms with E-state index in [9.17, 15) is 9.59 Å². The van der Waals surface area contributed by atoms with Crippen molar-refractivity contribution in [3.05, 3.63) is 60.2 Å². The maximum Gasteiger partial charge on any atom is 0.258 e. The number of nitrogens with one attached hydrogen (secondary N) is 1. The minimum absolute atomic E-state index is 0.0486. The molecule has 222 valence electrons. The summed E-state index contributed by atoms with van der Waals surface area (Å²) in [5.41, 5.74) is 2.19. The van der Waals surface area contributed by atoms with E-state index in [1.54, 1.807) is 36.2 Å². The van der Waals surface area contributed by atoms with Crippen LogP contribution in [0.1, 0.15) is 146 Å². The average molecular weight is 549 g/mol. The minimum Gasteiger partial charge on any atom is -0.326 e. The maximum atomic E-state index is 12.7. The molecule has 1 N–H and O–H groups in total. The van der Waals surface area contributed by atoms with E-state index in [-0.39, 0.29) is 11.8 Å². The second-order valence-corrected chi connectivity index (χ2v) is 11.4. The standard InChI is InChI=1S/C36H56N2O2/c1-3-4-5-6-7-8-9-10-11-12-13-14-15-16-17-18-19-20-24-27-35(39)37-33-30-28-32(29-31-33)36(40)38(2)34-25-22-21-23-26-34/h21-23,25-26,28-31H,3-20,24,27H2,1-2H3,(H,37,39). The molecule has 0 bridgehead atoms. The molecular formula is C36H56N2O2. The topological polar surface area (TPSA) is 49.4 Å². The van der Waals surface area contributed by atoms with Crippen molar-refractivity contribution < 1.29 is 9.59 Å². The zero-order valence-electron chi connectivity index (χ0n) is 25.6. The summed E-state index contributed by atoms with van der Waals surface area (Å²) in [6.45, 7) is 2.29. The summed E-state index contributed by atoms with van der Waals surface area (Å²) in [4.78, 5) is 26.7. The number of carbonyl (C=O) groups is 2. The van der Waals surface area contributed by atoms with Crippen molar-refractivity contribution in [2.24, 2.45) is 0 Å². The number of carbonyl (C=O) groups excluding carboxylic acids is 2. The van der Waals surface area contributed by atoms with Crippen LogP contribution in [0.4, 0.5) is 11.4 Å².